The largest absolute Gasteiger partial charge is 0.455 e. The van der Waals surface area contributed by atoms with E-state index in [0.29, 0.717) is 18.4 Å². The van der Waals surface area contributed by atoms with Gasteiger partial charge in [0.1, 0.15) is 0 Å². The fraction of sp³-hybridized carbons (Fsp3) is 0.444. The second-order valence-corrected chi connectivity index (χ2v) is 6.08. The number of ether oxygens (including phenoxy) is 1. The molecule has 0 aliphatic heterocycles. The summed E-state index contributed by atoms with van der Waals surface area (Å²) in [6, 6.07) is 9.96. The highest BCUT2D eigenvalue weighted by Gasteiger charge is 2.40. The fourth-order valence-corrected chi connectivity index (χ4v) is 3.34. The number of allylic oxidation sites excluding steroid dienone is 2. The quantitative estimate of drug-likeness (QED) is 0.646. The van der Waals surface area contributed by atoms with Gasteiger partial charge in [-0.1, -0.05) is 42.5 Å². The second-order valence-electron chi connectivity index (χ2n) is 6.08. The van der Waals surface area contributed by atoms with Crippen LogP contribution < -0.4 is 5.32 Å². The summed E-state index contributed by atoms with van der Waals surface area (Å²) in [4.78, 5) is 23.7. The Labute approximate surface area is 130 Å². The van der Waals surface area contributed by atoms with Gasteiger partial charge in [-0.05, 0) is 36.7 Å². The first-order valence-electron chi connectivity index (χ1n) is 7.88. The van der Waals surface area contributed by atoms with Crippen LogP contribution in [0.25, 0.3) is 0 Å². The lowest BCUT2D eigenvalue weighted by atomic mass is 9.94. The van der Waals surface area contributed by atoms with E-state index in [9.17, 15) is 9.59 Å². The molecule has 4 nitrogen and oxygen atoms in total. The summed E-state index contributed by atoms with van der Waals surface area (Å²) in [6.45, 7) is 0.377. The normalized spacial score (nSPS) is 25.2. The number of fused-ring (bicyclic) bond motifs is 2. The molecular weight excluding hydrogens is 278 g/mol. The number of amides is 1. The van der Waals surface area contributed by atoms with Crippen LogP contribution in [0.15, 0.2) is 42.5 Å². The van der Waals surface area contributed by atoms with Crippen molar-refractivity contribution in [3.8, 4) is 0 Å². The zero-order valence-electron chi connectivity index (χ0n) is 12.5. The molecule has 1 N–H and O–H groups in total. The van der Waals surface area contributed by atoms with Crippen molar-refractivity contribution in [3.05, 3.63) is 48.0 Å². The molecule has 0 unspecified atom stereocenters. The van der Waals surface area contributed by atoms with E-state index in [2.05, 4.69) is 17.5 Å². The van der Waals surface area contributed by atoms with Crippen molar-refractivity contribution in [2.45, 2.75) is 19.3 Å². The summed E-state index contributed by atoms with van der Waals surface area (Å²) in [7, 11) is 0. The lowest BCUT2D eigenvalue weighted by Gasteiger charge is -2.16. The highest BCUT2D eigenvalue weighted by molar-refractivity contribution is 5.81. The predicted molar refractivity (Wildman–Crippen MR) is 83.0 cm³/mol. The zero-order valence-corrected chi connectivity index (χ0v) is 12.5. The molecule has 0 saturated heterocycles. The first-order valence-corrected chi connectivity index (χ1v) is 7.88. The van der Waals surface area contributed by atoms with Crippen molar-refractivity contribution in [2.24, 2.45) is 17.8 Å². The Morgan fingerprint density at radius 3 is 2.64 bits per heavy atom. The third kappa shape index (κ3) is 3.56. The lowest BCUT2D eigenvalue weighted by Crippen LogP contribution is -2.32. The zero-order chi connectivity index (χ0) is 15.4. The summed E-state index contributed by atoms with van der Waals surface area (Å²) < 4.78 is 5.16. The Balaban J connectivity index is 1.34. The number of nitrogens with one attached hydrogen (secondary N) is 1. The summed E-state index contributed by atoms with van der Waals surface area (Å²) >= 11 is 0. The van der Waals surface area contributed by atoms with Crippen LogP contribution in [0.2, 0.25) is 0 Å². The van der Waals surface area contributed by atoms with E-state index in [0.717, 1.165) is 19.3 Å². The number of carbonyl (C=O) groups excluding carboxylic acids is 2. The third-order valence-corrected chi connectivity index (χ3v) is 4.51. The van der Waals surface area contributed by atoms with E-state index in [-0.39, 0.29) is 24.4 Å². The molecular formula is C18H21NO3. The Hall–Kier alpha value is -2.10. The van der Waals surface area contributed by atoms with Gasteiger partial charge in [0, 0.05) is 6.54 Å². The van der Waals surface area contributed by atoms with E-state index in [1.54, 1.807) is 0 Å². The summed E-state index contributed by atoms with van der Waals surface area (Å²) in [6.07, 6.45) is 7.00. The Kier molecular flexibility index (Phi) is 4.56. The standard InChI is InChI=1S/C18H21NO3/c20-17(19-9-8-13-4-2-1-3-5-13)12-22-18(21)16-11-14-6-7-15(16)10-14/h1-7,14-16H,8-12H2,(H,19,20)/t14-,15+,16-/m1/s1. The molecule has 0 aromatic heterocycles. The highest BCUT2D eigenvalue weighted by Crippen LogP contribution is 2.43. The van der Waals surface area contributed by atoms with Crippen LogP contribution in [-0.2, 0) is 20.7 Å². The van der Waals surface area contributed by atoms with Gasteiger partial charge >= 0.3 is 5.97 Å². The first-order chi connectivity index (χ1) is 10.7. The molecule has 1 saturated carbocycles. The molecule has 3 atom stereocenters. The van der Waals surface area contributed by atoms with Crippen LogP contribution in [0.3, 0.4) is 0 Å². The molecule has 1 aromatic rings. The van der Waals surface area contributed by atoms with Crippen molar-refractivity contribution < 1.29 is 14.3 Å². The van der Waals surface area contributed by atoms with Crippen molar-refractivity contribution in [1.82, 2.24) is 5.32 Å². The van der Waals surface area contributed by atoms with Crippen LogP contribution in [-0.4, -0.2) is 25.0 Å². The Morgan fingerprint density at radius 2 is 1.95 bits per heavy atom. The lowest BCUT2D eigenvalue weighted by molar-refractivity contribution is -0.153. The SMILES string of the molecule is O=C(COC(=O)[C@@H]1C[C@@H]2C=C[C@H]1C2)NCCc1ccccc1. The first kappa shape index (κ1) is 14.8. The number of esters is 1. The van der Waals surface area contributed by atoms with Crippen molar-refractivity contribution >= 4 is 11.9 Å². The maximum Gasteiger partial charge on any atom is 0.310 e. The van der Waals surface area contributed by atoms with Crippen molar-refractivity contribution in [3.63, 3.8) is 0 Å². The minimum absolute atomic E-state index is 0.0490. The van der Waals surface area contributed by atoms with Gasteiger partial charge in [-0.3, -0.25) is 9.59 Å². The van der Waals surface area contributed by atoms with Crippen LogP contribution >= 0.6 is 0 Å². The van der Waals surface area contributed by atoms with E-state index in [1.807, 2.05) is 30.3 Å². The number of carbonyl (C=O) groups is 2. The number of hydrogen-bond acceptors (Lipinski definition) is 3. The molecule has 1 amide bonds. The van der Waals surface area contributed by atoms with Crippen LogP contribution in [0, 0.1) is 17.8 Å². The molecule has 2 aliphatic carbocycles. The summed E-state index contributed by atoms with van der Waals surface area (Å²) in [5.74, 6) is 0.339. The molecule has 1 fully saturated rings. The van der Waals surface area contributed by atoms with Crippen molar-refractivity contribution in [1.29, 1.82) is 0 Å². The van der Waals surface area contributed by atoms with Gasteiger partial charge in [0.25, 0.3) is 5.91 Å². The smallest absolute Gasteiger partial charge is 0.310 e. The second kappa shape index (κ2) is 6.77. The van der Waals surface area contributed by atoms with Gasteiger partial charge in [-0.2, -0.15) is 0 Å². The molecule has 116 valence electrons. The molecule has 0 radical (unpaired) electrons. The maximum absolute atomic E-state index is 12.0. The number of rotatable bonds is 6. The summed E-state index contributed by atoms with van der Waals surface area (Å²) in [5, 5.41) is 2.78. The van der Waals surface area contributed by atoms with Crippen LogP contribution in [0.5, 0.6) is 0 Å². The van der Waals surface area contributed by atoms with Gasteiger partial charge in [-0.25, -0.2) is 0 Å². The number of benzene rings is 1. The van der Waals surface area contributed by atoms with Crippen molar-refractivity contribution in [2.75, 3.05) is 13.2 Å². The minimum atomic E-state index is -0.233. The van der Waals surface area contributed by atoms with Crippen LogP contribution in [0.4, 0.5) is 0 Å². The van der Waals surface area contributed by atoms with Gasteiger partial charge in [-0.15, -0.1) is 0 Å². The van der Waals surface area contributed by atoms with Gasteiger partial charge in [0.05, 0.1) is 5.92 Å². The minimum Gasteiger partial charge on any atom is -0.455 e. The van der Waals surface area contributed by atoms with Gasteiger partial charge in [0.15, 0.2) is 6.61 Å². The fourth-order valence-electron chi connectivity index (χ4n) is 3.34. The Bertz CT molecular complexity index is 567. The van der Waals surface area contributed by atoms with E-state index in [1.165, 1.54) is 5.56 Å². The monoisotopic (exact) mass is 299 g/mol. The molecule has 1 aromatic carbocycles. The topological polar surface area (TPSA) is 55.4 Å². The average molecular weight is 299 g/mol. The van der Waals surface area contributed by atoms with E-state index in [4.69, 9.17) is 4.74 Å². The molecule has 3 rings (SSSR count). The third-order valence-electron chi connectivity index (χ3n) is 4.51. The molecule has 2 aliphatic rings. The van der Waals surface area contributed by atoms with E-state index < -0.39 is 0 Å². The molecule has 0 spiro atoms. The highest BCUT2D eigenvalue weighted by atomic mass is 16.5. The predicted octanol–water partition coefficient (Wildman–Crippen LogP) is 2.10. The molecule has 22 heavy (non-hydrogen) atoms. The Morgan fingerprint density at radius 1 is 1.14 bits per heavy atom. The van der Waals surface area contributed by atoms with Gasteiger partial charge in [0.2, 0.25) is 0 Å². The molecule has 2 bridgehead atoms. The van der Waals surface area contributed by atoms with Crippen LogP contribution in [0.1, 0.15) is 18.4 Å². The summed E-state index contributed by atoms with van der Waals surface area (Å²) in [5.41, 5.74) is 1.17. The molecule has 0 heterocycles. The van der Waals surface area contributed by atoms with E-state index >= 15 is 0 Å². The average Bonchev–Trinajstić information content (AvgIpc) is 3.17. The van der Waals surface area contributed by atoms with Gasteiger partial charge < -0.3 is 10.1 Å². The molecule has 4 heteroatoms. The maximum atomic E-state index is 12.0. The number of hydrogen-bond donors (Lipinski definition) is 1.